The molecule has 0 aliphatic carbocycles. The van der Waals surface area contributed by atoms with E-state index in [0.717, 1.165) is 24.2 Å². The Bertz CT molecular complexity index is 206. The molecular weight excluding hydrogens is 255 g/mol. The third kappa shape index (κ3) is 16.5. The third-order valence-corrected chi connectivity index (χ3v) is 5.12. The monoisotopic (exact) mass is 282 g/mol. The Morgan fingerprint density at radius 1 is 0.824 bits per heavy atom. The molecule has 0 rings (SSSR count). The topological polar surface area (TPSA) is 57.5 Å². The van der Waals surface area contributed by atoms with E-state index in [2.05, 4.69) is 6.92 Å². The summed E-state index contributed by atoms with van der Waals surface area (Å²) in [5.74, 6) is 0.584. The van der Waals surface area contributed by atoms with Gasteiger partial charge in [-0.25, -0.2) is 4.57 Å². The van der Waals surface area contributed by atoms with Crippen LogP contribution in [0.25, 0.3) is 0 Å². The smallest absolute Gasteiger partial charge is 0.317 e. The van der Waals surface area contributed by atoms with Crippen molar-refractivity contribution in [1.29, 1.82) is 0 Å². The minimum Gasteiger partial charge on any atom is -0.317 e. The van der Waals surface area contributed by atoms with Crippen molar-refractivity contribution in [2.75, 3.05) is 5.75 Å². The van der Waals surface area contributed by atoms with E-state index in [1.165, 1.54) is 51.4 Å². The zero-order valence-electron chi connectivity index (χ0n) is 10.9. The molecule has 3 nitrogen and oxygen atoms in total. The minimum absolute atomic E-state index is 0.584. The van der Waals surface area contributed by atoms with Gasteiger partial charge in [-0.2, -0.15) is 0 Å². The van der Waals surface area contributed by atoms with Crippen molar-refractivity contribution < 1.29 is 14.4 Å². The van der Waals surface area contributed by atoms with Gasteiger partial charge in [-0.15, -0.1) is 0 Å². The fourth-order valence-electron chi connectivity index (χ4n) is 1.77. The van der Waals surface area contributed by atoms with Crippen LogP contribution in [0.15, 0.2) is 0 Å². The SMILES string of the molecule is CCCCCCCCCCCCSP(=O)(O)O. The van der Waals surface area contributed by atoms with E-state index < -0.39 is 6.80 Å². The first kappa shape index (κ1) is 17.5. The van der Waals surface area contributed by atoms with Crippen LogP contribution in [-0.2, 0) is 4.57 Å². The van der Waals surface area contributed by atoms with Crippen molar-refractivity contribution in [3.8, 4) is 0 Å². The van der Waals surface area contributed by atoms with Gasteiger partial charge in [-0.05, 0) is 17.8 Å². The molecule has 0 bridgehead atoms. The van der Waals surface area contributed by atoms with Gasteiger partial charge in [-0.3, -0.25) is 0 Å². The molecule has 0 unspecified atom stereocenters. The normalized spacial score (nSPS) is 11.9. The fraction of sp³-hybridized carbons (Fsp3) is 1.00. The molecule has 17 heavy (non-hydrogen) atoms. The van der Waals surface area contributed by atoms with Crippen LogP contribution >= 0.6 is 18.2 Å². The zero-order chi connectivity index (χ0) is 13.0. The lowest BCUT2D eigenvalue weighted by Crippen LogP contribution is -1.84. The molecule has 0 aliphatic heterocycles. The second-order valence-electron chi connectivity index (χ2n) is 4.51. The van der Waals surface area contributed by atoms with E-state index in [4.69, 9.17) is 9.79 Å². The lowest BCUT2D eigenvalue weighted by molar-refractivity contribution is 0.397. The molecule has 0 atom stereocenters. The molecule has 0 radical (unpaired) electrons. The van der Waals surface area contributed by atoms with Gasteiger partial charge in [0, 0.05) is 5.75 Å². The van der Waals surface area contributed by atoms with Gasteiger partial charge >= 0.3 is 6.80 Å². The Labute approximate surface area is 110 Å². The lowest BCUT2D eigenvalue weighted by atomic mass is 10.1. The highest BCUT2D eigenvalue weighted by atomic mass is 32.7. The Balaban J connectivity index is 3.01. The van der Waals surface area contributed by atoms with Crippen LogP contribution in [0.5, 0.6) is 0 Å². The highest BCUT2D eigenvalue weighted by molar-refractivity contribution is 8.54. The van der Waals surface area contributed by atoms with Crippen molar-refractivity contribution >= 4 is 18.2 Å². The summed E-state index contributed by atoms with van der Waals surface area (Å²) < 4.78 is 10.5. The van der Waals surface area contributed by atoms with E-state index in [0.29, 0.717) is 5.75 Å². The Morgan fingerprint density at radius 2 is 1.24 bits per heavy atom. The molecule has 0 aliphatic rings. The van der Waals surface area contributed by atoms with Crippen LogP contribution in [0.4, 0.5) is 0 Å². The van der Waals surface area contributed by atoms with Gasteiger partial charge in [0.25, 0.3) is 0 Å². The highest BCUT2D eigenvalue weighted by Crippen LogP contribution is 2.50. The summed E-state index contributed by atoms with van der Waals surface area (Å²) in [5.41, 5.74) is 0. The Morgan fingerprint density at radius 3 is 1.65 bits per heavy atom. The van der Waals surface area contributed by atoms with E-state index >= 15 is 0 Å². The molecule has 0 heterocycles. The second kappa shape index (κ2) is 11.6. The molecule has 0 amide bonds. The van der Waals surface area contributed by atoms with E-state index in [1.54, 1.807) is 0 Å². The summed E-state index contributed by atoms with van der Waals surface area (Å²) in [6.07, 6.45) is 12.6. The second-order valence-corrected chi connectivity index (χ2v) is 8.35. The zero-order valence-corrected chi connectivity index (χ0v) is 12.6. The minimum atomic E-state index is -3.83. The van der Waals surface area contributed by atoms with E-state index in [1.807, 2.05) is 0 Å². The lowest BCUT2D eigenvalue weighted by Gasteiger charge is -2.03. The maximum atomic E-state index is 10.5. The van der Waals surface area contributed by atoms with Crippen LogP contribution in [0.1, 0.15) is 71.1 Å². The number of unbranched alkanes of at least 4 members (excludes halogenated alkanes) is 9. The van der Waals surface area contributed by atoms with Crippen molar-refractivity contribution in [2.24, 2.45) is 0 Å². The summed E-state index contributed by atoms with van der Waals surface area (Å²) in [6, 6.07) is 0. The quantitative estimate of drug-likeness (QED) is 0.401. The van der Waals surface area contributed by atoms with E-state index in [-0.39, 0.29) is 0 Å². The van der Waals surface area contributed by atoms with Crippen molar-refractivity contribution in [1.82, 2.24) is 0 Å². The average Bonchev–Trinajstić information content (AvgIpc) is 2.24. The molecular formula is C12H27O3PS. The van der Waals surface area contributed by atoms with Gasteiger partial charge in [0.05, 0.1) is 0 Å². The average molecular weight is 282 g/mol. The summed E-state index contributed by atoms with van der Waals surface area (Å²) in [4.78, 5) is 17.3. The predicted octanol–water partition coefficient (Wildman–Crippen LogP) is 4.73. The van der Waals surface area contributed by atoms with Gasteiger partial charge in [0.2, 0.25) is 0 Å². The maximum Gasteiger partial charge on any atom is 0.383 e. The van der Waals surface area contributed by atoms with Crippen molar-refractivity contribution in [3.05, 3.63) is 0 Å². The molecule has 0 spiro atoms. The van der Waals surface area contributed by atoms with Crippen LogP contribution in [0, 0.1) is 0 Å². The first-order valence-electron chi connectivity index (χ1n) is 6.76. The first-order chi connectivity index (χ1) is 8.06. The van der Waals surface area contributed by atoms with Crippen molar-refractivity contribution in [3.63, 3.8) is 0 Å². The van der Waals surface area contributed by atoms with Gasteiger partial charge in [-0.1, -0.05) is 64.7 Å². The standard InChI is InChI=1S/C12H27O3PS/c1-2-3-4-5-6-7-8-9-10-11-12-17-16(13,14)15/h2-12H2,1H3,(H2,13,14,15). The predicted molar refractivity (Wildman–Crippen MR) is 76.3 cm³/mol. The largest absolute Gasteiger partial charge is 0.383 e. The Hall–Kier alpha value is 0.500. The van der Waals surface area contributed by atoms with Gasteiger partial charge in [0.1, 0.15) is 0 Å². The van der Waals surface area contributed by atoms with Crippen molar-refractivity contribution in [2.45, 2.75) is 71.1 Å². The summed E-state index contributed by atoms with van der Waals surface area (Å²) in [6.45, 7) is -1.59. The Kier molecular flexibility index (Phi) is 11.9. The molecule has 0 aromatic carbocycles. The molecule has 0 aromatic rings. The molecule has 0 saturated carbocycles. The molecule has 2 N–H and O–H groups in total. The third-order valence-electron chi connectivity index (χ3n) is 2.76. The number of rotatable bonds is 12. The van der Waals surface area contributed by atoms with Gasteiger partial charge in [0.15, 0.2) is 0 Å². The number of hydrogen-bond acceptors (Lipinski definition) is 2. The summed E-state index contributed by atoms with van der Waals surface area (Å²) >= 11 is 0.778. The van der Waals surface area contributed by atoms with Gasteiger partial charge < -0.3 is 9.79 Å². The first-order valence-corrected chi connectivity index (χ1v) is 9.96. The number of hydrogen-bond donors (Lipinski definition) is 2. The molecule has 5 heteroatoms. The van der Waals surface area contributed by atoms with Crippen LogP contribution in [-0.4, -0.2) is 15.5 Å². The maximum absolute atomic E-state index is 10.5. The molecule has 104 valence electrons. The molecule has 0 fully saturated rings. The van der Waals surface area contributed by atoms with Crippen LogP contribution in [0.2, 0.25) is 0 Å². The van der Waals surface area contributed by atoms with Crippen LogP contribution < -0.4 is 0 Å². The molecule has 0 saturated heterocycles. The van der Waals surface area contributed by atoms with Crippen LogP contribution in [0.3, 0.4) is 0 Å². The molecule has 0 aromatic heterocycles. The fourth-order valence-corrected chi connectivity index (χ4v) is 3.44. The van der Waals surface area contributed by atoms with E-state index in [9.17, 15) is 4.57 Å². The summed E-state index contributed by atoms with van der Waals surface area (Å²) in [7, 11) is 0. The highest BCUT2D eigenvalue weighted by Gasteiger charge is 2.11. The summed E-state index contributed by atoms with van der Waals surface area (Å²) in [5, 5.41) is 0.